The second-order valence-electron chi connectivity index (χ2n) is 4.39. The molecule has 0 spiro atoms. The summed E-state index contributed by atoms with van der Waals surface area (Å²) in [6, 6.07) is 12.6. The number of ether oxygens (including phenoxy) is 2. The van der Waals surface area contributed by atoms with Crippen LogP contribution in [0.3, 0.4) is 0 Å². The summed E-state index contributed by atoms with van der Waals surface area (Å²) in [6.07, 6.45) is 0.213. The van der Waals surface area contributed by atoms with Crippen molar-refractivity contribution in [2.45, 2.75) is 13.0 Å². The molecule has 0 N–H and O–H groups in total. The molecule has 0 atom stereocenters. The number of hydrogen-bond acceptors (Lipinski definition) is 3. The van der Waals surface area contributed by atoms with Crippen molar-refractivity contribution in [2.24, 2.45) is 0 Å². The van der Waals surface area contributed by atoms with Crippen LogP contribution in [0.5, 0.6) is 5.75 Å². The van der Waals surface area contributed by atoms with Gasteiger partial charge in [-0.25, -0.2) is 0 Å². The van der Waals surface area contributed by atoms with Crippen LogP contribution in [0.4, 0.5) is 0 Å². The van der Waals surface area contributed by atoms with E-state index in [0.717, 1.165) is 11.1 Å². The van der Waals surface area contributed by atoms with Crippen molar-refractivity contribution in [1.29, 1.82) is 0 Å². The van der Waals surface area contributed by atoms with E-state index < -0.39 is 0 Å². The lowest BCUT2D eigenvalue weighted by atomic mass is 10.1. The van der Waals surface area contributed by atoms with Gasteiger partial charge in [-0.3, -0.25) is 4.79 Å². The molecule has 0 aliphatic rings. The van der Waals surface area contributed by atoms with E-state index in [-0.39, 0.29) is 12.4 Å². The van der Waals surface area contributed by atoms with Crippen molar-refractivity contribution in [3.63, 3.8) is 0 Å². The zero-order valence-corrected chi connectivity index (χ0v) is 12.9. The molecule has 0 bridgehead atoms. The maximum absolute atomic E-state index is 11.4. The number of carbonyl (C=O) groups is 1. The first-order chi connectivity index (χ1) is 10.1. The maximum atomic E-state index is 11.4. The Bertz CT molecular complexity index is 641. The van der Waals surface area contributed by atoms with Crippen molar-refractivity contribution < 1.29 is 14.3 Å². The molecule has 2 rings (SSSR count). The lowest BCUT2D eigenvalue weighted by Crippen LogP contribution is -2.08. The molecule has 0 aliphatic carbocycles. The van der Waals surface area contributed by atoms with E-state index in [1.807, 2.05) is 24.3 Å². The third kappa shape index (κ3) is 4.38. The van der Waals surface area contributed by atoms with Crippen molar-refractivity contribution in [3.05, 3.63) is 63.6 Å². The molecule has 0 saturated carbocycles. The van der Waals surface area contributed by atoms with Crippen LogP contribution >= 0.6 is 23.2 Å². The van der Waals surface area contributed by atoms with Gasteiger partial charge in [0.05, 0.1) is 18.6 Å². The van der Waals surface area contributed by atoms with Gasteiger partial charge in [-0.1, -0.05) is 47.5 Å². The van der Waals surface area contributed by atoms with Gasteiger partial charge in [0.25, 0.3) is 0 Å². The molecule has 0 aromatic heterocycles. The van der Waals surface area contributed by atoms with Crippen LogP contribution in [0, 0.1) is 0 Å². The lowest BCUT2D eigenvalue weighted by molar-refractivity contribution is -0.139. The van der Waals surface area contributed by atoms with Crippen LogP contribution in [0.2, 0.25) is 10.0 Å². The standard InChI is InChI=1S/C16H14Cl2O3/c1-20-16(19)8-11-4-2-3-5-12(11)10-21-15-7-6-13(17)9-14(15)18/h2-7,9H,8,10H2,1H3. The maximum Gasteiger partial charge on any atom is 0.309 e. The normalized spacial score (nSPS) is 10.2. The summed E-state index contributed by atoms with van der Waals surface area (Å²) >= 11 is 11.9. The fraction of sp³-hybridized carbons (Fsp3) is 0.188. The van der Waals surface area contributed by atoms with Crippen molar-refractivity contribution in [3.8, 4) is 5.75 Å². The van der Waals surface area contributed by atoms with Gasteiger partial charge in [0.15, 0.2) is 0 Å². The highest BCUT2D eigenvalue weighted by Gasteiger charge is 2.09. The van der Waals surface area contributed by atoms with E-state index in [4.69, 9.17) is 27.9 Å². The molecule has 0 aliphatic heterocycles. The average molecular weight is 325 g/mol. The van der Waals surface area contributed by atoms with Gasteiger partial charge in [0.2, 0.25) is 0 Å². The van der Waals surface area contributed by atoms with Gasteiger partial charge in [0, 0.05) is 5.02 Å². The first-order valence-corrected chi connectivity index (χ1v) is 7.07. The number of benzene rings is 2. The Morgan fingerprint density at radius 3 is 2.48 bits per heavy atom. The molecule has 0 fully saturated rings. The predicted octanol–water partition coefficient (Wildman–Crippen LogP) is 4.29. The van der Waals surface area contributed by atoms with Crippen molar-refractivity contribution in [1.82, 2.24) is 0 Å². The van der Waals surface area contributed by atoms with Gasteiger partial charge in [-0.15, -0.1) is 0 Å². The first-order valence-electron chi connectivity index (χ1n) is 6.31. The van der Waals surface area contributed by atoms with Crippen LogP contribution in [0.1, 0.15) is 11.1 Å². The zero-order chi connectivity index (χ0) is 15.2. The van der Waals surface area contributed by atoms with Crippen LogP contribution in [0.25, 0.3) is 0 Å². The monoisotopic (exact) mass is 324 g/mol. The Balaban J connectivity index is 2.11. The molecule has 2 aromatic rings. The number of hydrogen-bond donors (Lipinski definition) is 0. The topological polar surface area (TPSA) is 35.5 Å². The van der Waals surface area contributed by atoms with Crippen molar-refractivity contribution >= 4 is 29.2 Å². The van der Waals surface area contributed by atoms with Crippen LogP contribution in [-0.2, 0) is 22.6 Å². The van der Waals surface area contributed by atoms with Gasteiger partial charge >= 0.3 is 5.97 Å². The summed E-state index contributed by atoms with van der Waals surface area (Å²) in [7, 11) is 1.37. The Labute approximate surface area is 133 Å². The van der Waals surface area contributed by atoms with E-state index in [2.05, 4.69) is 4.74 Å². The van der Waals surface area contributed by atoms with Crippen LogP contribution in [-0.4, -0.2) is 13.1 Å². The Hall–Kier alpha value is -1.71. The van der Waals surface area contributed by atoms with E-state index in [0.29, 0.717) is 22.4 Å². The summed E-state index contributed by atoms with van der Waals surface area (Å²) < 4.78 is 10.4. The highest BCUT2D eigenvalue weighted by atomic mass is 35.5. The molecule has 0 saturated heterocycles. The number of halogens is 2. The van der Waals surface area contributed by atoms with Gasteiger partial charge in [-0.2, -0.15) is 0 Å². The third-order valence-corrected chi connectivity index (χ3v) is 3.49. The third-order valence-electron chi connectivity index (χ3n) is 2.96. The van der Waals surface area contributed by atoms with Gasteiger partial charge < -0.3 is 9.47 Å². The van der Waals surface area contributed by atoms with E-state index in [1.165, 1.54) is 7.11 Å². The number of esters is 1. The highest BCUT2D eigenvalue weighted by molar-refractivity contribution is 6.35. The Morgan fingerprint density at radius 1 is 1.10 bits per heavy atom. The molecule has 21 heavy (non-hydrogen) atoms. The molecule has 0 amide bonds. The summed E-state index contributed by atoms with van der Waals surface area (Å²) in [5.74, 6) is 0.265. The summed E-state index contributed by atoms with van der Waals surface area (Å²) in [4.78, 5) is 11.4. The molecule has 3 nitrogen and oxygen atoms in total. The molecular weight excluding hydrogens is 311 g/mol. The van der Waals surface area contributed by atoms with Crippen molar-refractivity contribution in [2.75, 3.05) is 7.11 Å². The second-order valence-corrected chi connectivity index (χ2v) is 5.23. The minimum atomic E-state index is -0.285. The van der Waals surface area contributed by atoms with E-state index >= 15 is 0 Å². The molecule has 0 radical (unpaired) electrons. The minimum Gasteiger partial charge on any atom is -0.487 e. The van der Waals surface area contributed by atoms with Crippen LogP contribution < -0.4 is 4.74 Å². The first kappa shape index (κ1) is 15.7. The number of rotatable bonds is 5. The van der Waals surface area contributed by atoms with E-state index in [9.17, 15) is 4.79 Å². The van der Waals surface area contributed by atoms with E-state index in [1.54, 1.807) is 18.2 Å². The van der Waals surface area contributed by atoms with Gasteiger partial charge in [0.1, 0.15) is 12.4 Å². The Kier molecular flexibility index (Phi) is 5.48. The Morgan fingerprint density at radius 2 is 1.81 bits per heavy atom. The lowest BCUT2D eigenvalue weighted by Gasteiger charge is -2.11. The molecule has 0 unspecified atom stereocenters. The average Bonchev–Trinajstić information content (AvgIpc) is 2.47. The second kappa shape index (κ2) is 7.34. The molecular formula is C16H14Cl2O3. The van der Waals surface area contributed by atoms with Gasteiger partial charge in [-0.05, 0) is 29.3 Å². The molecule has 2 aromatic carbocycles. The minimum absolute atomic E-state index is 0.213. The zero-order valence-electron chi connectivity index (χ0n) is 11.4. The molecule has 5 heteroatoms. The smallest absolute Gasteiger partial charge is 0.309 e. The highest BCUT2D eigenvalue weighted by Crippen LogP contribution is 2.28. The summed E-state index contributed by atoms with van der Waals surface area (Å²) in [6.45, 7) is 0.314. The molecule has 0 heterocycles. The quantitative estimate of drug-likeness (QED) is 0.770. The van der Waals surface area contributed by atoms with Crippen LogP contribution in [0.15, 0.2) is 42.5 Å². The largest absolute Gasteiger partial charge is 0.487 e. The SMILES string of the molecule is COC(=O)Cc1ccccc1COc1ccc(Cl)cc1Cl. The molecule has 110 valence electrons. The number of carbonyl (C=O) groups excluding carboxylic acids is 1. The summed E-state index contributed by atoms with van der Waals surface area (Å²) in [5.41, 5.74) is 1.78. The number of methoxy groups -OCH3 is 1. The fourth-order valence-electron chi connectivity index (χ4n) is 1.85. The predicted molar refractivity (Wildman–Crippen MR) is 83.0 cm³/mol. The fourth-order valence-corrected chi connectivity index (χ4v) is 2.31. The summed E-state index contributed by atoms with van der Waals surface area (Å²) in [5, 5.41) is 1.01.